The van der Waals surface area contributed by atoms with Gasteiger partial charge in [0.2, 0.25) is 0 Å². The van der Waals surface area contributed by atoms with Crippen LogP contribution < -0.4 is 10.1 Å². The largest absolute Gasteiger partial charge is 0.481 e. The standard InChI is InChI=1S/C18H23FN4O2/c1-12(17-22-21-16-9-4-3-5-10-23(16)17)20-18(24)13(2)25-15-8-6-7-14(19)11-15/h6-8,11-13H,3-5,9-10H2,1-2H3,(H,20,24)/t12-,13+/m1/s1. The number of fused-ring (bicyclic) bond motifs is 1. The van der Waals surface area contributed by atoms with E-state index in [0.29, 0.717) is 5.75 Å². The molecule has 6 nitrogen and oxygen atoms in total. The van der Waals surface area contributed by atoms with Gasteiger partial charge in [0, 0.05) is 19.0 Å². The molecule has 0 saturated heterocycles. The Balaban J connectivity index is 1.63. The van der Waals surface area contributed by atoms with Crippen molar-refractivity contribution in [3.8, 4) is 5.75 Å². The topological polar surface area (TPSA) is 69.0 Å². The number of carbonyl (C=O) groups is 1. The number of aromatic nitrogens is 3. The first-order valence-corrected chi connectivity index (χ1v) is 8.69. The van der Waals surface area contributed by atoms with Gasteiger partial charge < -0.3 is 14.6 Å². The van der Waals surface area contributed by atoms with E-state index in [1.165, 1.54) is 18.6 Å². The fraction of sp³-hybridized carbons (Fsp3) is 0.500. The molecule has 1 amide bonds. The normalized spacial score (nSPS) is 16.4. The molecular weight excluding hydrogens is 323 g/mol. The van der Waals surface area contributed by atoms with Gasteiger partial charge in [-0.2, -0.15) is 0 Å². The number of hydrogen-bond acceptors (Lipinski definition) is 4. The minimum absolute atomic E-state index is 0.273. The van der Waals surface area contributed by atoms with E-state index >= 15 is 0 Å². The number of aryl methyl sites for hydroxylation is 1. The van der Waals surface area contributed by atoms with Gasteiger partial charge in [-0.05, 0) is 38.8 Å². The molecule has 1 aliphatic rings. The van der Waals surface area contributed by atoms with Crippen LogP contribution in [0, 0.1) is 5.82 Å². The number of halogens is 1. The first kappa shape index (κ1) is 17.4. The number of hydrogen-bond donors (Lipinski definition) is 1. The van der Waals surface area contributed by atoms with Crippen LogP contribution in [-0.2, 0) is 17.8 Å². The molecule has 7 heteroatoms. The monoisotopic (exact) mass is 346 g/mol. The summed E-state index contributed by atoms with van der Waals surface area (Å²) in [4.78, 5) is 12.4. The molecule has 25 heavy (non-hydrogen) atoms. The average Bonchev–Trinajstić information content (AvgIpc) is 2.83. The summed E-state index contributed by atoms with van der Waals surface area (Å²) in [5.41, 5.74) is 0. The Bertz CT molecular complexity index is 746. The maximum absolute atomic E-state index is 13.2. The van der Waals surface area contributed by atoms with Gasteiger partial charge in [-0.3, -0.25) is 4.79 Å². The van der Waals surface area contributed by atoms with E-state index in [4.69, 9.17) is 4.74 Å². The maximum atomic E-state index is 13.2. The van der Waals surface area contributed by atoms with Gasteiger partial charge in [0.05, 0.1) is 6.04 Å². The van der Waals surface area contributed by atoms with Crippen LogP contribution in [0.15, 0.2) is 24.3 Å². The molecule has 0 saturated carbocycles. The molecule has 1 aliphatic heterocycles. The second kappa shape index (κ2) is 7.63. The molecule has 0 aliphatic carbocycles. The molecule has 2 aromatic rings. The molecule has 1 aromatic carbocycles. The quantitative estimate of drug-likeness (QED) is 0.904. The van der Waals surface area contributed by atoms with Crippen molar-refractivity contribution in [2.24, 2.45) is 0 Å². The van der Waals surface area contributed by atoms with Crippen molar-refractivity contribution >= 4 is 5.91 Å². The third-order valence-electron chi connectivity index (χ3n) is 4.36. The van der Waals surface area contributed by atoms with Gasteiger partial charge in [0.1, 0.15) is 17.4 Å². The first-order valence-electron chi connectivity index (χ1n) is 8.69. The molecule has 0 fully saturated rings. The van der Waals surface area contributed by atoms with Crippen molar-refractivity contribution in [2.75, 3.05) is 0 Å². The summed E-state index contributed by atoms with van der Waals surface area (Å²) in [5.74, 6) is 1.40. The highest BCUT2D eigenvalue weighted by Crippen LogP contribution is 2.19. The van der Waals surface area contributed by atoms with Crippen molar-refractivity contribution in [3.63, 3.8) is 0 Å². The van der Waals surface area contributed by atoms with Crippen LogP contribution in [0.25, 0.3) is 0 Å². The molecule has 2 heterocycles. The summed E-state index contributed by atoms with van der Waals surface area (Å²) in [5, 5.41) is 11.4. The first-order chi connectivity index (χ1) is 12.0. The molecule has 3 rings (SSSR count). The van der Waals surface area contributed by atoms with E-state index in [2.05, 4.69) is 20.1 Å². The number of carbonyl (C=O) groups excluding carboxylic acids is 1. The average molecular weight is 346 g/mol. The SMILES string of the molecule is C[C@H](Oc1cccc(F)c1)C(=O)N[C@H](C)c1nnc2n1CCCCC2. The summed E-state index contributed by atoms with van der Waals surface area (Å²) in [7, 11) is 0. The van der Waals surface area contributed by atoms with Gasteiger partial charge >= 0.3 is 0 Å². The summed E-state index contributed by atoms with van der Waals surface area (Å²) in [6.45, 7) is 4.40. The van der Waals surface area contributed by atoms with Crippen LogP contribution >= 0.6 is 0 Å². The number of nitrogens with zero attached hydrogens (tertiary/aromatic N) is 3. The Morgan fingerprint density at radius 2 is 2.12 bits per heavy atom. The van der Waals surface area contributed by atoms with Gasteiger partial charge in [-0.1, -0.05) is 12.5 Å². The molecule has 1 aromatic heterocycles. The highest BCUT2D eigenvalue weighted by molar-refractivity contribution is 5.81. The summed E-state index contributed by atoms with van der Waals surface area (Å²) in [6.07, 6.45) is 3.58. The third kappa shape index (κ3) is 4.15. The van der Waals surface area contributed by atoms with Crippen molar-refractivity contribution in [1.82, 2.24) is 20.1 Å². The zero-order valence-corrected chi connectivity index (χ0v) is 14.5. The van der Waals surface area contributed by atoms with Crippen molar-refractivity contribution in [1.29, 1.82) is 0 Å². The smallest absolute Gasteiger partial charge is 0.261 e. The highest BCUT2D eigenvalue weighted by atomic mass is 19.1. The lowest BCUT2D eigenvalue weighted by Crippen LogP contribution is -2.38. The molecule has 134 valence electrons. The van der Waals surface area contributed by atoms with Crippen molar-refractivity contribution in [2.45, 2.75) is 58.2 Å². The Morgan fingerprint density at radius 1 is 1.28 bits per heavy atom. The molecule has 0 unspecified atom stereocenters. The molecule has 0 bridgehead atoms. The van der Waals surface area contributed by atoms with Gasteiger partial charge in [-0.25, -0.2) is 4.39 Å². The van der Waals surface area contributed by atoms with Crippen LogP contribution in [0.1, 0.15) is 50.8 Å². The number of nitrogens with one attached hydrogen (secondary N) is 1. The predicted octanol–water partition coefficient (Wildman–Crippen LogP) is 2.79. The summed E-state index contributed by atoms with van der Waals surface area (Å²) in [6, 6.07) is 5.48. The second-order valence-electron chi connectivity index (χ2n) is 6.38. The fourth-order valence-corrected chi connectivity index (χ4v) is 3.02. The molecular formula is C18H23FN4O2. The Kier molecular flexibility index (Phi) is 5.31. The number of ether oxygens (including phenoxy) is 1. The van der Waals surface area contributed by atoms with Gasteiger partial charge in [-0.15, -0.1) is 10.2 Å². The molecule has 1 N–H and O–H groups in total. The molecule has 0 spiro atoms. The van der Waals surface area contributed by atoms with E-state index in [1.54, 1.807) is 19.1 Å². The highest BCUT2D eigenvalue weighted by Gasteiger charge is 2.23. The maximum Gasteiger partial charge on any atom is 0.261 e. The van der Waals surface area contributed by atoms with E-state index in [1.807, 2.05) is 6.92 Å². The Labute approximate surface area is 146 Å². The van der Waals surface area contributed by atoms with Crippen LogP contribution in [0.5, 0.6) is 5.75 Å². The lowest BCUT2D eigenvalue weighted by Gasteiger charge is -2.19. The van der Waals surface area contributed by atoms with Crippen LogP contribution in [0.2, 0.25) is 0 Å². The number of benzene rings is 1. The number of amides is 1. The van der Waals surface area contributed by atoms with Crippen LogP contribution in [0.4, 0.5) is 4.39 Å². The lowest BCUT2D eigenvalue weighted by molar-refractivity contribution is -0.128. The fourth-order valence-electron chi connectivity index (χ4n) is 3.02. The van der Waals surface area contributed by atoms with Gasteiger partial charge in [0.25, 0.3) is 5.91 Å². The lowest BCUT2D eigenvalue weighted by atomic mass is 10.2. The van der Waals surface area contributed by atoms with E-state index in [-0.39, 0.29) is 11.9 Å². The molecule has 0 radical (unpaired) electrons. The predicted molar refractivity (Wildman–Crippen MR) is 90.6 cm³/mol. The van der Waals surface area contributed by atoms with Crippen molar-refractivity contribution in [3.05, 3.63) is 41.7 Å². The second-order valence-corrected chi connectivity index (χ2v) is 6.38. The Morgan fingerprint density at radius 3 is 2.92 bits per heavy atom. The minimum Gasteiger partial charge on any atom is -0.481 e. The van der Waals surface area contributed by atoms with Gasteiger partial charge in [0.15, 0.2) is 11.9 Å². The zero-order valence-electron chi connectivity index (χ0n) is 14.5. The zero-order chi connectivity index (χ0) is 17.8. The van der Waals surface area contributed by atoms with Crippen LogP contribution in [-0.4, -0.2) is 26.8 Å². The van der Waals surface area contributed by atoms with Crippen LogP contribution in [0.3, 0.4) is 0 Å². The van der Waals surface area contributed by atoms with E-state index < -0.39 is 11.9 Å². The van der Waals surface area contributed by atoms with Crippen molar-refractivity contribution < 1.29 is 13.9 Å². The summed E-state index contributed by atoms with van der Waals surface area (Å²) >= 11 is 0. The van der Waals surface area contributed by atoms with E-state index in [0.717, 1.165) is 37.5 Å². The third-order valence-corrected chi connectivity index (χ3v) is 4.36. The molecule has 2 atom stereocenters. The Hall–Kier alpha value is -2.44. The number of rotatable bonds is 5. The summed E-state index contributed by atoms with van der Waals surface area (Å²) < 4.78 is 20.8. The minimum atomic E-state index is -0.740. The van der Waals surface area contributed by atoms with E-state index in [9.17, 15) is 9.18 Å².